The number of guanidine groups is 1. The Kier molecular flexibility index (Phi) is 9.24. The molecule has 0 saturated carbocycles. The van der Waals surface area contributed by atoms with Gasteiger partial charge in [-0.15, -0.1) is 24.0 Å². The van der Waals surface area contributed by atoms with E-state index in [-0.39, 0.29) is 29.5 Å². The minimum atomic E-state index is 0. The maximum atomic E-state index is 11.7. The predicted molar refractivity (Wildman–Crippen MR) is 129 cm³/mol. The van der Waals surface area contributed by atoms with Crippen molar-refractivity contribution >= 4 is 40.9 Å². The molecule has 1 aromatic carbocycles. The molecule has 3 aromatic rings. The van der Waals surface area contributed by atoms with Crippen LogP contribution in [0, 0.1) is 6.92 Å². The molecule has 0 unspecified atom stereocenters. The Morgan fingerprint density at radius 2 is 1.90 bits per heavy atom. The van der Waals surface area contributed by atoms with Crippen molar-refractivity contribution in [3.8, 4) is 0 Å². The molecule has 2 aromatic heterocycles. The topological polar surface area (TPSA) is 71.6 Å². The summed E-state index contributed by atoms with van der Waals surface area (Å²) in [7, 11) is 0. The molecule has 0 radical (unpaired) electrons. The summed E-state index contributed by atoms with van der Waals surface area (Å²) in [6.07, 6.45) is 3.71. The van der Waals surface area contributed by atoms with E-state index in [1.54, 1.807) is 16.7 Å². The Balaban J connectivity index is 0.00000300. The highest BCUT2D eigenvalue weighted by Gasteiger charge is 2.09. The smallest absolute Gasteiger partial charge is 0.250 e. The van der Waals surface area contributed by atoms with Gasteiger partial charge in [-0.1, -0.05) is 24.3 Å². The van der Waals surface area contributed by atoms with E-state index in [1.165, 1.54) is 0 Å². The van der Waals surface area contributed by atoms with E-state index >= 15 is 0 Å². The minimum Gasteiger partial charge on any atom is -0.459 e. The Morgan fingerprint density at radius 3 is 2.66 bits per heavy atom. The molecule has 0 amide bonds. The Labute approximate surface area is 188 Å². The molecule has 3 rings (SSSR count). The van der Waals surface area contributed by atoms with Crippen molar-refractivity contribution in [3.05, 3.63) is 70.3 Å². The van der Waals surface area contributed by atoms with Crippen LogP contribution < -0.4 is 16.2 Å². The van der Waals surface area contributed by atoms with Crippen molar-refractivity contribution in [1.29, 1.82) is 0 Å². The molecule has 2 heterocycles. The van der Waals surface area contributed by atoms with Crippen LogP contribution in [0.4, 0.5) is 0 Å². The van der Waals surface area contributed by atoms with Gasteiger partial charge in [-0.3, -0.25) is 4.79 Å². The summed E-state index contributed by atoms with van der Waals surface area (Å²) in [5, 5.41) is 7.76. The zero-order valence-electron chi connectivity index (χ0n) is 17.0. The molecule has 0 aliphatic rings. The maximum Gasteiger partial charge on any atom is 0.250 e. The highest BCUT2D eigenvalue weighted by atomic mass is 127. The highest BCUT2D eigenvalue weighted by Crippen LogP contribution is 2.25. The van der Waals surface area contributed by atoms with E-state index in [1.807, 2.05) is 37.4 Å². The van der Waals surface area contributed by atoms with Gasteiger partial charge in [-0.25, -0.2) is 4.99 Å². The molecule has 6 nitrogen and oxygen atoms in total. The van der Waals surface area contributed by atoms with Crippen LogP contribution >= 0.6 is 24.0 Å². The molecule has 0 fully saturated rings. The monoisotopic (exact) mass is 508 g/mol. The lowest BCUT2D eigenvalue weighted by Gasteiger charge is -2.11. The lowest BCUT2D eigenvalue weighted by atomic mass is 10.1. The number of halogens is 1. The van der Waals surface area contributed by atoms with Crippen LogP contribution in [0.5, 0.6) is 0 Å². The summed E-state index contributed by atoms with van der Waals surface area (Å²) in [5.41, 5.74) is 2.09. The number of aromatic nitrogens is 1. The van der Waals surface area contributed by atoms with Crippen LogP contribution in [0.25, 0.3) is 11.0 Å². The first kappa shape index (κ1) is 23.0. The fraction of sp³-hybridized carbons (Fsp3) is 0.364. The second-order valence-electron chi connectivity index (χ2n) is 6.71. The van der Waals surface area contributed by atoms with Crippen molar-refractivity contribution in [2.24, 2.45) is 4.99 Å². The van der Waals surface area contributed by atoms with Gasteiger partial charge in [0.25, 0.3) is 0 Å². The van der Waals surface area contributed by atoms with Crippen molar-refractivity contribution < 1.29 is 4.42 Å². The first-order chi connectivity index (χ1) is 13.7. The highest BCUT2D eigenvalue weighted by molar-refractivity contribution is 14.0. The molecule has 7 heteroatoms. The maximum absolute atomic E-state index is 11.7. The number of rotatable bonds is 8. The van der Waals surface area contributed by atoms with Gasteiger partial charge in [-0.05, 0) is 38.8 Å². The average Bonchev–Trinajstić information content (AvgIpc) is 3.03. The molecule has 0 saturated heterocycles. The van der Waals surface area contributed by atoms with E-state index in [0.717, 1.165) is 60.7 Å². The molecule has 0 bridgehead atoms. The summed E-state index contributed by atoms with van der Waals surface area (Å²) in [6, 6.07) is 13.3. The first-order valence-corrected chi connectivity index (χ1v) is 9.83. The van der Waals surface area contributed by atoms with Crippen LogP contribution in [-0.4, -0.2) is 23.6 Å². The van der Waals surface area contributed by atoms with Crippen molar-refractivity contribution in [2.45, 2.75) is 39.8 Å². The fourth-order valence-corrected chi connectivity index (χ4v) is 3.13. The lowest BCUT2D eigenvalue weighted by molar-refractivity contribution is 0.547. The van der Waals surface area contributed by atoms with Crippen molar-refractivity contribution in [2.75, 3.05) is 13.1 Å². The zero-order valence-corrected chi connectivity index (χ0v) is 19.3. The van der Waals surface area contributed by atoms with Gasteiger partial charge in [0.2, 0.25) is 5.56 Å². The van der Waals surface area contributed by atoms with E-state index in [2.05, 4.69) is 28.6 Å². The summed E-state index contributed by atoms with van der Waals surface area (Å²) in [4.78, 5) is 16.4. The second-order valence-corrected chi connectivity index (χ2v) is 6.71. The largest absolute Gasteiger partial charge is 0.459 e. The molecule has 0 aliphatic carbocycles. The quantitative estimate of drug-likeness (QED) is 0.209. The molecule has 0 atom stereocenters. The summed E-state index contributed by atoms with van der Waals surface area (Å²) in [6.45, 7) is 6.94. The second kappa shape index (κ2) is 11.6. The number of hydrogen-bond acceptors (Lipinski definition) is 3. The third-order valence-corrected chi connectivity index (χ3v) is 4.68. The minimum absolute atomic E-state index is 0. The third-order valence-electron chi connectivity index (χ3n) is 4.68. The van der Waals surface area contributed by atoms with Crippen LogP contribution in [0.1, 0.15) is 31.1 Å². The first-order valence-electron chi connectivity index (χ1n) is 9.83. The van der Waals surface area contributed by atoms with E-state index in [0.29, 0.717) is 6.54 Å². The van der Waals surface area contributed by atoms with Gasteiger partial charge in [0.1, 0.15) is 17.9 Å². The Morgan fingerprint density at radius 1 is 1.10 bits per heavy atom. The number of para-hydroxylation sites is 1. The number of aliphatic imine (C=N–C) groups is 1. The lowest BCUT2D eigenvalue weighted by Crippen LogP contribution is -2.37. The van der Waals surface area contributed by atoms with E-state index in [9.17, 15) is 4.79 Å². The number of nitrogens with one attached hydrogen (secondary N) is 2. The number of unbranched alkanes of at least 4 members (excludes halogenated alkanes) is 1. The number of hydrogen-bond donors (Lipinski definition) is 2. The van der Waals surface area contributed by atoms with Crippen LogP contribution in [0.3, 0.4) is 0 Å². The number of benzene rings is 1. The molecule has 0 spiro atoms. The molecule has 2 N–H and O–H groups in total. The molecule has 0 aliphatic heterocycles. The van der Waals surface area contributed by atoms with Gasteiger partial charge in [0, 0.05) is 42.8 Å². The van der Waals surface area contributed by atoms with Gasteiger partial charge in [0.15, 0.2) is 5.96 Å². The van der Waals surface area contributed by atoms with Gasteiger partial charge >= 0.3 is 0 Å². The van der Waals surface area contributed by atoms with Crippen LogP contribution in [0.15, 0.2) is 62.9 Å². The van der Waals surface area contributed by atoms with Crippen LogP contribution in [-0.2, 0) is 13.1 Å². The number of fused-ring (bicyclic) bond motifs is 1. The number of aryl methyl sites for hydroxylation is 2. The average molecular weight is 508 g/mol. The Hall–Kier alpha value is -2.29. The summed E-state index contributed by atoms with van der Waals surface area (Å²) < 4.78 is 7.68. The van der Waals surface area contributed by atoms with Gasteiger partial charge in [-0.2, -0.15) is 0 Å². The molecule has 29 heavy (non-hydrogen) atoms. The van der Waals surface area contributed by atoms with Crippen molar-refractivity contribution in [3.63, 3.8) is 0 Å². The number of pyridine rings is 1. The molecular formula is C22H29IN4O2. The van der Waals surface area contributed by atoms with Crippen LogP contribution in [0.2, 0.25) is 0 Å². The number of furan rings is 1. The zero-order chi connectivity index (χ0) is 19.8. The number of nitrogens with zero attached hydrogens (tertiary/aromatic N) is 2. The van der Waals surface area contributed by atoms with Gasteiger partial charge in [0.05, 0.1) is 0 Å². The fourth-order valence-electron chi connectivity index (χ4n) is 3.13. The normalized spacial score (nSPS) is 11.3. The summed E-state index contributed by atoms with van der Waals surface area (Å²) in [5.74, 6) is 1.67. The predicted octanol–water partition coefficient (Wildman–Crippen LogP) is 4.06. The molecule has 156 valence electrons. The molecular weight excluding hydrogens is 479 g/mol. The van der Waals surface area contributed by atoms with E-state index in [4.69, 9.17) is 4.42 Å². The third kappa shape index (κ3) is 6.35. The Bertz CT molecular complexity index is 994. The van der Waals surface area contributed by atoms with Crippen molar-refractivity contribution in [1.82, 2.24) is 15.2 Å². The van der Waals surface area contributed by atoms with E-state index < -0.39 is 0 Å². The summed E-state index contributed by atoms with van der Waals surface area (Å²) >= 11 is 0. The SMILES string of the molecule is CCNC(=NCc1oc2ccccc2c1C)NCCCCn1ccccc1=O.I. The standard InChI is InChI=1S/C22H28N4O2.HI/c1-3-23-22(24-13-7-9-15-26-14-8-6-12-21(26)27)25-16-20-17(2)18-10-4-5-11-19(18)28-20;/h4-6,8,10-12,14H,3,7,9,13,15-16H2,1-2H3,(H2,23,24,25);1H. The van der Waals surface area contributed by atoms with Gasteiger partial charge < -0.3 is 19.6 Å².